The Bertz CT molecular complexity index is 482. The Hall–Kier alpha value is -1.71. The summed E-state index contributed by atoms with van der Waals surface area (Å²) in [6.45, 7) is 11.2. The molecule has 1 rings (SSSR count). The summed E-state index contributed by atoms with van der Waals surface area (Å²) in [6, 6.07) is 3.94. The van der Waals surface area contributed by atoms with Crippen molar-refractivity contribution in [2.75, 3.05) is 19.8 Å². The minimum absolute atomic E-state index is 0.209. The average Bonchev–Trinajstić information content (AvgIpc) is 2.48. The Balaban J connectivity index is 3.19. The van der Waals surface area contributed by atoms with E-state index in [1.807, 2.05) is 32.9 Å². The zero-order valence-electron chi connectivity index (χ0n) is 14.4. The van der Waals surface area contributed by atoms with Crippen LogP contribution in [0, 0.1) is 0 Å². The van der Waals surface area contributed by atoms with E-state index in [2.05, 4.69) is 6.92 Å². The van der Waals surface area contributed by atoms with Gasteiger partial charge in [-0.1, -0.05) is 13.0 Å². The van der Waals surface area contributed by atoms with Crippen LogP contribution in [-0.2, 0) is 4.79 Å². The van der Waals surface area contributed by atoms with Crippen molar-refractivity contribution in [3.8, 4) is 17.2 Å². The van der Waals surface area contributed by atoms with Crippen LogP contribution in [0.5, 0.6) is 17.2 Å². The summed E-state index contributed by atoms with van der Waals surface area (Å²) in [4.78, 5) is 11.2. The highest BCUT2D eigenvalue weighted by atomic mass is 16.5. The van der Waals surface area contributed by atoms with Crippen molar-refractivity contribution < 1.29 is 19.0 Å². The predicted octanol–water partition coefficient (Wildman–Crippen LogP) is 4.36. The van der Waals surface area contributed by atoms with Gasteiger partial charge in [0.1, 0.15) is 5.78 Å². The summed E-state index contributed by atoms with van der Waals surface area (Å²) in [5, 5.41) is 0. The van der Waals surface area contributed by atoms with E-state index in [-0.39, 0.29) is 11.7 Å². The van der Waals surface area contributed by atoms with E-state index < -0.39 is 0 Å². The first-order valence-electron chi connectivity index (χ1n) is 8.09. The van der Waals surface area contributed by atoms with E-state index in [4.69, 9.17) is 14.2 Å². The largest absolute Gasteiger partial charge is 0.490 e. The van der Waals surface area contributed by atoms with Gasteiger partial charge in [0.25, 0.3) is 0 Å². The third-order valence-electron chi connectivity index (χ3n) is 3.44. The molecule has 0 N–H and O–H groups in total. The van der Waals surface area contributed by atoms with Crippen molar-refractivity contribution in [2.24, 2.45) is 0 Å². The Morgan fingerprint density at radius 3 is 2.14 bits per heavy atom. The molecule has 1 aromatic rings. The van der Waals surface area contributed by atoms with Gasteiger partial charge in [0.15, 0.2) is 11.5 Å². The molecule has 0 saturated carbocycles. The first-order chi connectivity index (χ1) is 10.5. The van der Waals surface area contributed by atoms with Gasteiger partial charge in [-0.15, -0.1) is 0 Å². The van der Waals surface area contributed by atoms with Crippen LogP contribution in [0.15, 0.2) is 12.1 Å². The molecule has 1 aromatic carbocycles. The topological polar surface area (TPSA) is 44.8 Å². The van der Waals surface area contributed by atoms with Crippen molar-refractivity contribution in [3.63, 3.8) is 0 Å². The van der Waals surface area contributed by atoms with Gasteiger partial charge in [-0.25, -0.2) is 0 Å². The highest BCUT2D eigenvalue weighted by Gasteiger charge is 2.21. The van der Waals surface area contributed by atoms with Crippen LogP contribution in [0.1, 0.15) is 58.9 Å². The average molecular weight is 308 g/mol. The Kier molecular flexibility index (Phi) is 7.78. The summed E-state index contributed by atoms with van der Waals surface area (Å²) < 4.78 is 17.3. The van der Waals surface area contributed by atoms with Crippen LogP contribution in [0.4, 0.5) is 0 Å². The van der Waals surface area contributed by atoms with Crippen LogP contribution >= 0.6 is 0 Å². The maximum atomic E-state index is 11.2. The molecule has 1 atom stereocenters. The number of ketones is 1. The quantitative estimate of drug-likeness (QED) is 0.644. The number of carbonyl (C=O) groups is 1. The summed E-state index contributed by atoms with van der Waals surface area (Å²) in [5.74, 6) is 2.54. The zero-order chi connectivity index (χ0) is 16.5. The second kappa shape index (κ2) is 9.34. The molecule has 0 fully saturated rings. The highest BCUT2D eigenvalue weighted by Crippen LogP contribution is 2.44. The fourth-order valence-electron chi connectivity index (χ4n) is 2.37. The lowest BCUT2D eigenvalue weighted by molar-refractivity contribution is -0.117. The monoisotopic (exact) mass is 308 g/mol. The highest BCUT2D eigenvalue weighted by molar-refractivity contribution is 5.75. The molecule has 0 amide bonds. The molecule has 0 saturated heterocycles. The lowest BCUT2D eigenvalue weighted by Crippen LogP contribution is -2.07. The van der Waals surface area contributed by atoms with Crippen molar-refractivity contribution in [1.82, 2.24) is 0 Å². The third kappa shape index (κ3) is 4.93. The maximum absolute atomic E-state index is 11.2. The van der Waals surface area contributed by atoms with Crippen LogP contribution in [0.2, 0.25) is 0 Å². The van der Waals surface area contributed by atoms with Gasteiger partial charge in [-0.05, 0) is 46.1 Å². The van der Waals surface area contributed by atoms with E-state index in [1.54, 1.807) is 6.92 Å². The number of ether oxygens (including phenoxy) is 3. The van der Waals surface area contributed by atoms with E-state index in [1.165, 1.54) is 0 Å². The van der Waals surface area contributed by atoms with Crippen molar-refractivity contribution in [1.29, 1.82) is 0 Å². The molecule has 0 heterocycles. The van der Waals surface area contributed by atoms with Crippen molar-refractivity contribution in [2.45, 2.75) is 53.4 Å². The number of Topliss-reactive ketones (excluding diaryl/α,β-unsaturated/α-hetero) is 1. The van der Waals surface area contributed by atoms with Gasteiger partial charge in [0, 0.05) is 12.0 Å². The van der Waals surface area contributed by atoms with Gasteiger partial charge < -0.3 is 19.0 Å². The van der Waals surface area contributed by atoms with Crippen LogP contribution < -0.4 is 14.2 Å². The molecule has 0 spiro atoms. The molecule has 0 radical (unpaired) electrons. The summed E-state index contributed by atoms with van der Waals surface area (Å²) in [5.41, 5.74) is 1.06. The second-order valence-corrected chi connectivity index (χ2v) is 5.25. The Labute approximate surface area is 133 Å². The van der Waals surface area contributed by atoms with Gasteiger partial charge in [0.05, 0.1) is 19.8 Å². The number of hydrogen-bond acceptors (Lipinski definition) is 4. The minimum atomic E-state index is 0.209. The summed E-state index contributed by atoms with van der Waals surface area (Å²) in [7, 11) is 0. The van der Waals surface area contributed by atoms with Crippen LogP contribution in [0.25, 0.3) is 0 Å². The van der Waals surface area contributed by atoms with Gasteiger partial charge in [-0.2, -0.15) is 0 Å². The molecule has 0 bridgehead atoms. The van der Waals surface area contributed by atoms with E-state index >= 15 is 0 Å². The molecular weight excluding hydrogens is 280 g/mol. The molecule has 0 aliphatic carbocycles. The molecule has 124 valence electrons. The van der Waals surface area contributed by atoms with E-state index in [9.17, 15) is 4.79 Å². The lowest BCUT2D eigenvalue weighted by Gasteiger charge is -2.21. The third-order valence-corrected chi connectivity index (χ3v) is 3.44. The summed E-state index contributed by atoms with van der Waals surface area (Å²) in [6.07, 6.45) is 1.37. The Morgan fingerprint density at radius 2 is 1.59 bits per heavy atom. The minimum Gasteiger partial charge on any atom is -0.490 e. The summed E-state index contributed by atoms with van der Waals surface area (Å²) >= 11 is 0. The molecular formula is C18H28O4. The fourth-order valence-corrected chi connectivity index (χ4v) is 2.37. The number of carbonyl (C=O) groups excluding carboxylic acids is 1. The van der Waals surface area contributed by atoms with E-state index in [0.717, 1.165) is 17.7 Å². The normalized spacial score (nSPS) is 11.9. The Morgan fingerprint density at radius 1 is 1.00 bits per heavy atom. The zero-order valence-corrected chi connectivity index (χ0v) is 14.4. The van der Waals surface area contributed by atoms with Crippen LogP contribution in [-0.4, -0.2) is 25.6 Å². The molecule has 0 aliphatic rings. The van der Waals surface area contributed by atoms with Crippen molar-refractivity contribution >= 4 is 5.78 Å². The fraction of sp³-hybridized carbons (Fsp3) is 0.611. The first kappa shape index (κ1) is 18.3. The number of hydrogen-bond donors (Lipinski definition) is 0. The van der Waals surface area contributed by atoms with Gasteiger partial charge in [0.2, 0.25) is 5.75 Å². The van der Waals surface area contributed by atoms with Gasteiger partial charge >= 0.3 is 0 Å². The number of benzene rings is 1. The maximum Gasteiger partial charge on any atom is 0.203 e. The molecule has 4 nitrogen and oxygen atoms in total. The SMILES string of the molecule is CCOc1ccc(C(C)CCC(C)=O)c(OCC)c1OCC. The number of rotatable bonds is 10. The van der Waals surface area contributed by atoms with Crippen LogP contribution in [0.3, 0.4) is 0 Å². The second-order valence-electron chi connectivity index (χ2n) is 5.25. The van der Waals surface area contributed by atoms with E-state index in [0.29, 0.717) is 37.7 Å². The molecule has 0 aliphatic heterocycles. The smallest absolute Gasteiger partial charge is 0.203 e. The molecule has 4 heteroatoms. The first-order valence-corrected chi connectivity index (χ1v) is 8.09. The standard InChI is InChI=1S/C18H28O4/c1-6-20-16-12-11-15(13(4)9-10-14(5)19)17(21-7-2)18(16)22-8-3/h11-13H,6-10H2,1-5H3. The predicted molar refractivity (Wildman–Crippen MR) is 88.3 cm³/mol. The molecule has 1 unspecified atom stereocenters. The lowest BCUT2D eigenvalue weighted by atomic mass is 9.94. The molecule has 0 aromatic heterocycles. The van der Waals surface area contributed by atoms with Gasteiger partial charge in [-0.3, -0.25) is 0 Å². The van der Waals surface area contributed by atoms with Crippen molar-refractivity contribution in [3.05, 3.63) is 17.7 Å². The molecule has 22 heavy (non-hydrogen) atoms.